The third kappa shape index (κ3) is 5.10. The molecular formula is C23H25NO6. The van der Waals surface area contributed by atoms with Gasteiger partial charge in [0.15, 0.2) is 11.5 Å². The second kappa shape index (κ2) is 10.1. The number of ether oxygens (including phenoxy) is 4. The Morgan fingerprint density at radius 2 is 1.90 bits per heavy atom. The molecule has 1 fully saturated rings. The van der Waals surface area contributed by atoms with Gasteiger partial charge in [-0.05, 0) is 17.7 Å². The number of nitriles is 1. The van der Waals surface area contributed by atoms with Crippen LogP contribution in [-0.4, -0.2) is 49.5 Å². The van der Waals surface area contributed by atoms with E-state index in [1.165, 1.54) is 7.11 Å². The van der Waals surface area contributed by atoms with E-state index in [9.17, 15) is 15.5 Å². The van der Waals surface area contributed by atoms with Crippen molar-refractivity contribution in [2.45, 2.75) is 31.3 Å². The molecular weight excluding hydrogens is 386 g/mol. The smallest absolute Gasteiger partial charge is 0.202 e. The van der Waals surface area contributed by atoms with Gasteiger partial charge < -0.3 is 29.2 Å². The molecule has 0 spiro atoms. The molecule has 1 heterocycles. The lowest BCUT2D eigenvalue weighted by Crippen LogP contribution is -2.40. The van der Waals surface area contributed by atoms with E-state index in [0.29, 0.717) is 34.8 Å². The zero-order valence-electron chi connectivity index (χ0n) is 16.9. The van der Waals surface area contributed by atoms with Crippen LogP contribution < -0.4 is 14.2 Å². The molecule has 1 aliphatic heterocycles. The summed E-state index contributed by atoms with van der Waals surface area (Å²) in [5.74, 6) is 1.43. The van der Waals surface area contributed by atoms with E-state index in [0.717, 1.165) is 5.56 Å². The topological polar surface area (TPSA) is 101 Å². The summed E-state index contributed by atoms with van der Waals surface area (Å²) in [4.78, 5) is 0. The highest BCUT2D eigenvalue weighted by molar-refractivity contribution is 5.77. The van der Waals surface area contributed by atoms with E-state index in [1.54, 1.807) is 31.4 Å². The van der Waals surface area contributed by atoms with Gasteiger partial charge in [-0.15, -0.1) is 0 Å². The summed E-state index contributed by atoms with van der Waals surface area (Å²) < 4.78 is 22.7. The van der Waals surface area contributed by atoms with Crippen LogP contribution >= 0.6 is 0 Å². The zero-order chi connectivity index (χ0) is 21.5. The predicted molar refractivity (Wildman–Crippen MR) is 111 cm³/mol. The summed E-state index contributed by atoms with van der Waals surface area (Å²) in [6, 6.07) is 12.9. The van der Waals surface area contributed by atoms with Gasteiger partial charge in [0.25, 0.3) is 0 Å². The van der Waals surface area contributed by atoms with Crippen LogP contribution in [0.2, 0.25) is 0 Å². The summed E-state index contributed by atoms with van der Waals surface area (Å²) in [7, 11) is 3.08. The first-order chi connectivity index (χ1) is 14.6. The maximum atomic E-state index is 10.1. The van der Waals surface area contributed by atoms with Crippen LogP contribution in [0, 0.1) is 11.3 Å². The standard InChI is InChI=1S/C23H25NO6/c1-27-19-9-16(8-7-15-5-3-4-6-17(15)13-24)23(21(12-19)28-2)30-22-11-18(26)10-20(14-25)29-22/h3-9,12,18,20,22,25-26H,10-11,14H2,1-2H3/b8-7+. The van der Waals surface area contributed by atoms with Crippen molar-refractivity contribution in [3.8, 4) is 23.3 Å². The average molecular weight is 411 g/mol. The molecule has 158 valence electrons. The zero-order valence-corrected chi connectivity index (χ0v) is 16.9. The molecule has 2 N–H and O–H groups in total. The van der Waals surface area contributed by atoms with Gasteiger partial charge in [-0.2, -0.15) is 5.26 Å². The van der Waals surface area contributed by atoms with Gasteiger partial charge in [0.2, 0.25) is 6.29 Å². The summed E-state index contributed by atoms with van der Waals surface area (Å²) in [5, 5.41) is 28.8. The number of nitrogens with zero attached hydrogens (tertiary/aromatic N) is 1. The van der Waals surface area contributed by atoms with Crippen LogP contribution in [0.15, 0.2) is 36.4 Å². The second-order valence-corrected chi connectivity index (χ2v) is 6.89. The van der Waals surface area contributed by atoms with E-state index in [-0.39, 0.29) is 13.0 Å². The largest absolute Gasteiger partial charge is 0.497 e. The average Bonchev–Trinajstić information content (AvgIpc) is 2.77. The van der Waals surface area contributed by atoms with Crippen LogP contribution in [0.25, 0.3) is 12.2 Å². The summed E-state index contributed by atoms with van der Waals surface area (Å²) in [6.45, 7) is -0.200. The van der Waals surface area contributed by atoms with Crippen molar-refractivity contribution in [3.63, 3.8) is 0 Å². The molecule has 2 aromatic carbocycles. The maximum absolute atomic E-state index is 10.1. The first kappa shape index (κ1) is 21.7. The Morgan fingerprint density at radius 3 is 2.60 bits per heavy atom. The fourth-order valence-electron chi connectivity index (χ4n) is 3.31. The van der Waals surface area contributed by atoms with Crippen LogP contribution in [0.3, 0.4) is 0 Å². The minimum atomic E-state index is -0.744. The number of rotatable bonds is 7. The Labute approximate surface area is 175 Å². The molecule has 0 bridgehead atoms. The molecule has 0 aromatic heterocycles. The normalized spacial score (nSPS) is 21.2. The van der Waals surface area contributed by atoms with E-state index >= 15 is 0 Å². The highest BCUT2D eigenvalue weighted by Crippen LogP contribution is 2.39. The van der Waals surface area contributed by atoms with Crippen LogP contribution in [0.4, 0.5) is 0 Å². The van der Waals surface area contributed by atoms with Crippen LogP contribution in [-0.2, 0) is 4.74 Å². The van der Waals surface area contributed by atoms with Crippen LogP contribution in [0.5, 0.6) is 17.2 Å². The highest BCUT2D eigenvalue weighted by atomic mass is 16.7. The molecule has 30 heavy (non-hydrogen) atoms. The molecule has 1 aliphatic rings. The fraction of sp³-hybridized carbons (Fsp3) is 0.348. The number of benzene rings is 2. The molecule has 3 unspecified atom stereocenters. The van der Waals surface area contributed by atoms with Crippen LogP contribution in [0.1, 0.15) is 29.5 Å². The molecule has 2 aromatic rings. The summed E-state index contributed by atoms with van der Waals surface area (Å²) in [6.07, 6.45) is 2.37. The lowest BCUT2D eigenvalue weighted by atomic mass is 10.0. The Kier molecular flexibility index (Phi) is 7.31. The predicted octanol–water partition coefficient (Wildman–Crippen LogP) is 2.98. The van der Waals surface area contributed by atoms with Gasteiger partial charge in [0.05, 0.1) is 44.7 Å². The van der Waals surface area contributed by atoms with Gasteiger partial charge in [-0.25, -0.2) is 0 Å². The number of hydrogen-bond donors (Lipinski definition) is 2. The SMILES string of the molecule is COc1cc(/C=C/c2ccccc2C#N)c(OC2CC(O)CC(CO)O2)c(OC)c1. The van der Waals surface area contributed by atoms with Crippen molar-refractivity contribution in [2.75, 3.05) is 20.8 Å². The van der Waals surface area contributed by atoms with Crippen molar-refractivity contribution in [3.05, 3.63) is 53.1 Å². The quantitative estimate of drug-likeness (QED) is 0.676. The fourth-order valence-corrected chi connectivity index (χ4v) is 3.31. The number of methoxy groups -OCH3 is 2. The van der Waals surface area contributed by atoms with Crippen molar-refractivity contribution >= 4 is 12.2 Å². The molecule has 7 heteroatoms. The number of aliphatic hydroxyl groups excluding tert-OH is 2. The summed E-state index contributed by atoms with van der Waals surface area (Å²) in [5.41, 5.74) is 1.97. The van der Waals surface area contributed by atoms with E-state index in [4.69, 9.17) is 18.9 Å². The minimum absolute atomic E-state index is 0.200. The van der Waals surface area contributed by atoms with Gasteiger partial charge >= 0.3 is 0 Å². The minimum Gasteiger partial charge on any atom is -0.497 e. The molecule has 3 rings (SSSR count). The van der Waals surface area contributed by atoms with Crippen molar-refractivity contribution in [1.29, 1.82) is 5.26 Å². The van der Waals surface area contributed by atoms with E-state index in [1.807, 2.05) is 24.3 Å². The molecule has 0 saturated carbocycles. The van der Waals surface area contributed by atoms with E-state index in [2.05, 4.69) is 6.07 Å². The maximum Gasteiger partial charge on any atom is 0.202 e. The lowest BCUT2D eigenvalue weighted by molar-refractivity contribution is -0.185. The number of hydrogen-bond acceptors (Lipinski definition) is 7. The van der Waals surface area contributed by atoms with E-state index < -0.39 is 18.5 Å². The number of aliphatic hydroxyl groups is 2. The molecule has 0 radical (unpaired) electrons. The molecule has 7 nitrogen and oxygen atoms in total. The van der Waals surface area contributed by atoms with Crippen molar-refractivity contribution in [2.24, 2.45) is 0 Å². The van der Waals surface area contributed by atoms with Gasteiger partial charge in [-0.1, -0.05) is 30.4 Å². The third-order valence-electron chi connectivity index (χ3n) is 4.83. The third-order valence-corrected chi connectivity index (χ3v) is 4.83. The monoisotopic (exact) mass is 411 g/mol. The van der Waals surface area contributed by atoms with Crippen molar-refractivity contribution < 1.29 is 29.2 Å². The second-order valence-electron chi connectivity index (χ2n) is 6.89. The van der Waals surface area contributed by atoms with Gasteiger partial charge in [-0.3, -0.25) is 0 Å². The Bertz CT molecular complexity index is 936. The highest BCUT2D eigenvalue weighted by Gasteiger charge is 2.30. The Morgan fingerprint density at radius 1 is 1.13 bits per heavy atom. The molecule has 1 saturated heterocycles. The molecule has 0 amide bonds. The first-order valence-corrected chi connectivity index (χ1v) is 9.62. The van der Waals surface area contributed by atoms with Gasteiger partial charge in [0, 0.05) is 24.5 Å². The summed E-state index contributed by atoms with van der Waals surface area (Å²) >= 11 is 0. The van der Waals surface area contributed by atoms with Gasteiger partial charge in [0.1, 0.15) is 5.75 Å². The molecule has 3 atom stereocenters. The van der Waals surface area contributed by atoms with Crippen molar-refractivity contribution in [1.82, 2.24) is 0 Å². The molecule has 0 aliphatic carbocycles. The Hall–Kier alpha value is -3.05. The Balaban J connectivity index is 1.97. The first-order valence-electron chi connectivity index (χ1n) is 9.62. The lowest BCUT2D eigenvalue weighted by Gasteiger charge is -2.32.